The van der Waals surface area contributed by atoms with Crippen molar-refractivity contribution in [1.82, 2.24) is 4.98 Å². The van der Waals surface area contributed by atoms with Crippen LogP contribution in [-0.2, 0) is 11.3 Å². The van der Waals surface area contributed by atoms with E-state index in [9.17, 15) is 0 Å². The molecule has 1 aromatic carbocycles. The van der Waals surface area contributed by atoms with Crippen LogP contribution in [0.25, 0.3) is 0 Å². The van der Waals surface area contributed by atoms with Gasteiger partial charge in [0.15, 0.2) is 0 Å². The molecule has 1 heterocycles. The highest BCUT2D eigenvalue weighted by molar-refractivity contribution is 6.32. The van der Waals surface area contributed by atoms with Gasteiger partial charge in [0.1, 0.15) is 10.8 Å². The summed E-state index contributed by atoms with van der Waals surface area (Å²) in [7, 11) is 0. The third-order valence-electron chi connectivity index (χ3n) is 2.95. The smallest absolute Gasteiger partial charge is 0.238 e. The third kappa shape index (κ3) is 3.65. The fourth-order valence-electron chi connectivity index (χ4n) is 1.75. The molecule has 0 bridgehead atoms. The van der Waals surface area contributed by atoms with Crippen molar-refractivity contribution in [3.63, 3.8) is 0 Å². The van der Waals surface area contributed by atoms with Crippen LogP contribution in [0.5, 0.6) is 11.6 Å². The van der Waals surface area contributed by atoms with Crippen LogP contribution in [0, 0.1) is 0 Å². The Bertz CT molecular complexity index is 588. The average molecular weight is 310 g/mol. The normalized spacial score (nSPS) is 11.4. The predicted molar refractivity (Wildman–Crippen MR) is 84.0 cm³/mol. The predicted octanol–water partition coefficient (Wildman–Crippen LogP) is 5.56. The lowest BCUT2D eigenvalue weighted by atomic mass is 9.87. The van der Waals surface area contributed by atoms with Gasteiger partial charge in [-0.15, -0.1) is 11.6 Å². The van der Waals surface area contributed by atoms with Gasteiger partial charge in [-0.2, -0.15) is 0 Å². The molecule has 0 atom stereocenters. The SMILES string of the molecule is CC(C)(C)c1ccc(Oc2ncc(CCl)cc2Cl)cc1. The third-order valence-corrected chi connectivity index (χ3v) is 3.53. The molecule has 0 saturated heterocycles. The van der Waals surface area contributed by atoms with Gasteiger partial charge < -0.3 is 4.74 Å². The Morgan fingerprint density at radius 3 is 2.30 bits per heavy atom. The summed E-state index contributed by atoms with van der Waals surface area (Å²) < 4.78 is 5.69. The zero-order chi connectivity index (χ0) is 14.8. The molecule has 106 valence electrons. The molecule has 4 heteroatoms. The lowest BCUT2D eigenvalue weighted by molar-refractivity contribution is 0.462. The van der Waals surface area contributed by atoms with Crippen LogP contribution in [0.15, 0.2) is 36.5 Å². The average Bonchev–Trinajstić information content (AvgIpc) is 2.40. The standard InChI is InChI=1S/C16H17Cl2NO/c1-16(2,3)12-4-6-13(7-5-12)20-15-14(18)8-11(9-17)10-19-15/h4-8,10H,9H2,1-3H3. The molecule has 1 aromatic heterocycles. The van der Waals surface area contributed by atoms with E-state index in [1.807, 2.05) is 12.1 Å². The lowest BCUT2D eigenvalue weighted by Crippen LogP contribution is -2.10. The first-order valence-electron chi connectivity index (χ1n) is 6.39. The van der Waals surface area contributed by atoms with Crippen molar-refractivity contribution >= 4 is 23.2 Å². The van der Waals surface area contributed by atoms with Gasteiger partial charge in [-0.1, -0.05) is 44.5 Å². The molecule has 2 nitrogen and oxygen atoms in total. The monoisotopic (exact) mass is 309 g/mol. The first-order valence-corrected chi connectivity index (χ1v) is 7.30. The van der Waals surface area contributed by atoms with Gasteiger partial charge in [-0.05, 0) is 34.7 Å². The Balaban J connectivity index is 2.18. The fraction of sp³-hybridized carbons (Fsp3) is 0.312. The minimum atomic E-state index is 0.121. The largest absolute Gasteiger partial charge is 0.438 e. The van der Waals surface area contributed by atoms with E-state index in [2.05, 4.69) is 37.9 Å². The lowest BCUT2D eigenvalue weighted by Gasteiger charge is -2.19. The summed E-state index contributed by atoms with van der Waals surface area (Å²) in [4.78, 5) is 4.18. The van der Waals surface area contributed by atoms with Gasteiger partial charge in [0.05, 0.1) is 0 Å². The molecule has 0 saturated carbocycles. The number of nitrogens with zero attached hydrogens (tertiary/aromatic N) is 1. The van der Waals surface area contributed by atoms with Crippen molar-refractivity contribution in [3.8, 4) is 11.6 Å². The first kappa shape index (κ1) is 15.1. The summed E-state index contributed by atoms with van der Waals surface area (Å²) in [6, 6.07) is 9.72. The molecule has 0 aliphatic rings. The van der Waals surface area contributed by atoms with E-state index in [-0.39, 0.29) is 5.41 Å². The number of aromatic nitrogens is 1. The number of hydrogen-bond donors (Lipinski definition) is 0. The number of alkyl halides is 1. The van der Waals surface area contributed by atoms with Crippen molar-refractivity contribution < 1.29 is 4.74 Å². The van der Waals surface area contributed by atoms with Gasteiger partial charge in [0, 0.05) is 12.1 Å². The molecule has 20 heavy (non-hydrogen) atoms. The van der Waals surface area contributed by atoms with E-state index < -0.39 is 0 Å². The quantitative estimate of drug-likeness (QED) is 0.692. The highest BCUT2D eigenvalue weighted by atomic mass is 35.5. The van der Waals surface area contributed by atoms with Gasteiger partial charge >= 0.3 is 0 Å². The maximum Gasteiger partial charge on any atom is 0.238 e. The van der Waals surface area contributed by atoms with Crippen molar-refractivity contribution in [2.45, 2.75) is 32.1 Å². The number of ether oxygens (including phenoxy) is 1. The zero-order valence-corrected chi connectivity index (χ0v) is 13.3. The van der Waals surface area contributed by atoms with Crippen molar-refractivity contribution in [1.29, 1.82) is 0 Å². The summed E-state index contributed by atoms with van der Waals surface area (Å²) >= 11 is 11.8. The molecule has 0 fully saturated rings. The highest BCUT2D eigenvalue weighted by Crippen LogP contribution is 2.30. The Hall–Kier alpha value is -1.25. The second kappa shape index (κ2) is 6.02. The molecular formula is C16H17Cl2NO. The molecule has 0 spiro atoms. The van der Waals surface area contributed by atoms with Crippen LogP contribution < -0.4 is 4.74 Å². The van der Waals surface area contributed by atoms with Crippen molar-refractivity contribution in [2.24, 2.45) is 0 Å². The first-order chi connectivity index (χ1) is 9.40. The van der Waals surface area contributed by atoms with E-state index in [1.165, 1.54) is 5.56 Å². The molecular weight excluding hydrogens is 293 g/mol. The molecule has 0 radical (unpaired) electrons. The van der Waals surface area contributed by atoms with E-state index >= 15 is 0 Å². The van der Waals surface area contributed by atoms with Gasteiger partial charge in [-0.25, -0.2) is 4.98 Å². The van der Waals surface area contributed by atoms with Crippen LogP contribution in [0.2, 0.25) is 5.02 Å². The van der Waals surface area contributed by atoms with Crippen LogP contribution in [0.3, 0.4) is 0 Å². The maximum atomic E-state index is 6.12. The van der Waals surface area contributed by atoms with E-state index in [1.54, 1.807) is 12.3 Å². The Labute approximate surface area is 129 Å². The van der Waals surface area contributed by atoms with Crippen LogP contribution in [0.1, 0.15) is 31.9 Å². The minimum Gasteiger partial charge on any atom is -0.438 e. The fourth-order valence-corrected chi connectivity index (χ4v) is 2.12. The zero-order valence-electron chi connectivity index (χ0n) is 11.8. The Morgan fingerprint density at radius 2 is 1.80 bits per heavy atom. The molecule has 2 rings (SSSR count). The van der Waals surface area contributed by atoms with Gasteiger partial charge in [-0.3, -0.25) is 0 Å². The molecule has 2 aromatic rings. The summed E-state index contributed by atoms with van der Waals surface area (Å²) in [5.74, 6) is 1.49. The van der Waals surface area contributed by atoms with Crippen LogP contribution >= 0.6 is 23.2 Å². The second-order valence-corrected chi connectivity index (χ2v) is 6.32. The second-order valence-electron chi connectivity index (χ2n) is 5.64. The van der Waals surface area contributed by atoms with Crippen LogP contribution in [0.4, 0.5) is 0 Å². The van der Waals surface area contributed by atoms with Gasteiger partial charge in [0.2, 0.25) is 5.88 Å². The van der Waals surface area contributed by atoms with E-state index in [0.29, 0.717) is 22.5 Å². The number of hydrogen-bond acceptors (Lipinski definition) is 2. The highest BCUT2D eigenvalue weighted by Gasteiger charge is 2.13. The van der Waals surface area contributed by atoms with Gasteiger partial charge in [0.25, 0.3) is 0 Å². The summed E-state index contributed by atoms with van der Waals surface area (Å²) in [6.07, 6.45) is 1.66. The molecule has 0 unspecified atom stereocenters. The maximum absolute atomic E-state index is 6.12. The van der Waals surface area contributed by atoms with E-state index in [0.717, 1.165) is 5.56 Å². The van der Waals surface area contributed by atoms with Crippen LogP contribution in [-0.4, -0.2) is 4.98 Å². The topological polar surface area (TPSA) is 22.1 Å². The minimum absolute atomic E-state index is 0.121. The summed E-state index contributed by atoms with van der Waals surface area (Å²) in [6.45, 7) is 6.52. The summed E-state index contributed by atoms with van der Waals surface area (Å²) in [5, 5.41) is 0.461. The summed E-state index contributed by atoms with van der Waals surface area (Å²) in [5.41, 5.74) is 2.24. The van der Waals surface area contributed by atoms with Crippen molar-refractivity contribution in [3.05, 3.63) is 52.7 Å². The number of halogens is 2. The molecule has 0 aliphatic heterocycles. The Kier molecular flexibility index (Phi) is 4.56. The molecule has 0 aliphatic carbocycles. The molecule has 0 amide bonds. The van der Waals surface area contributed by atoms with Crippen molar-refractivity contribution in [2.75, 3.05) is 0 Å². The number of rotatable bonds is 3. The van der Waals surface area contributed by atoms with E-state index in [4.69, 9.17) is 27.9 Å². The Morgan fingerprint density at radius 1 is 1.15 bits per heavy atom. The number of pyridine rings is 1. The number of benzene rings is 1. The molecule has 0 N–H and O–H groups in total.